The van der Waals surface area contributed by atoms with Crippen molar-refractivity contribution in [3.05, 3.63) is 53.2 Å². The van der Waals surface area contributed by atoms with Crippen LogP contribution in [0.25, 0.3) is 0 Å². The number of aromatic nitrogens is 1. The molecule has 0 bridgehead atoms. The molecule has 7 heteroatoms. The number of hydrogen-bond donors (Lipinski definition) is 3. The van der Waals surface area contributed by atoms with E-state index in [0.717, 1.165) is 11.3 Å². The van der Waals surface area contributed by atoms with Crippen molar-refractivity contribution in [2.24, 2.45) is 10.7 Å². The van der Waals surface area contributed by atoms with E-state index in [0.29, 0.717) is 18.3 Å². The van der Waals surface area contributed by atoms with Crippen LogP contribution in [0.1, 0.15) is 23.1 Å². The summed E-state index contributed by atoms with van der Waals surface area (Å²) in [5, 5.41) is 5.75. The summed E-state index contributed by atoms with van der Waals surface area (Å²) in [6.07, 6.45) is 1.95. The van der Waals surface area contributed by atoms with E-state index >= 15 is 0 Å². The van der Waals surface area contributed by atoms with Gasteiger partial charge < -0.3 is 16.4 Å². The van der Waals surface area contributed by atoms with E-state index in [2.05, 4.69) is 27.5 Å². The maximum Gasteiger partial charge on any atom is 0.227 e. The van der Waals surface area contributed by atoms with Crippen LogP contribution in [-0.2, 0) is 4.79 Å². The molecule has 2 aromatic rings. The van der Waals surface area contributed by atoms with Gasteiger partial charge in [-0.15, -0.1) is 24.0 Å². The second-order valence-electron chi connectivity index (χ2n) is 5.71. The van der Waals surface area contributed by atoms with Gasteiger partial charge in [0.25, 0.3) is 0 Å². The number of rotatable bonds is 5. The second kappa shape index (κ2) is 9.97. The molecule has 6 nitrogen and oxygen atoms in total. The van der Waals surface area contributed by atoms with E-state index < -0.39 is 0 Å². The molecule has 0 saturated carbocycles. The number of amides is 1. The maximum absolute atomic E-state index is 11.8. The fourth-order valence-corrected chi connectivity index (χ4v) is 2.03. The predicted octanol–water partition coefficient (Wildman–Crippen LogP) is 3.38. The van der Waals surface area contributed by atoms with Crippen molar-refractivity contribution in [3.8, 4) is 0 Å². The van der Waals surface area contributed by atoms with E-state index in [4.69, 9.17) is 5.73 Å². The molecule has 1 amide bonds. The van der Waals surface area contributed by atoms with E-state index in [1.54, 1.807) is 12.3 Å². The number of anilines is 2. The molecule has 0 saturated heterocycles. The minimum atomic E-state index is -0.144. The third-order valence-corrected chi connectivity index (χ3v) is 3.58. The fraction of sp³-hybridized carbons (Fsp3) is 0.278. The van der Waals surface area contributed by atoms with Crippen molar-refractivity contribution in [2.75, 3.05) is 17.2 Å². The molecule has 0 aliphatic rings. The van der Waals surface area contributed by atoms with Gasteiger partial charge in [0.1, 0.15) is 5.82 Å². The van der Waals surface area contributed by atoms with Crippen molar-refractivity contribution in [1.82, 2.24) is 4.98 Å². The van der Waals surface area contributed by atoms with Gasteiger partial charge in [-0.3, -0.25) is 9.79 Å². The highest BCUT2D eigenvalue weighted by Crippen LogP contribution is 2.13. The first-order valence-corrected chi connectivity index (χ1v) is 7.81. The number of nitrogens with one attached hydrogen (secondary N) is 2. The maximum atomic E-state index is 11.8. The van der Waals surface area contributed by atoms with Gasteiger partial charge in [-0.1, -0.05) is 12.1 Å². The van der Waals surface area contributed by atoms with Crippen LogP contribution in [0, 0.1) is 20.8 Å². The predicted molar refractivity (Wildman–Crippen MR) is 114 cm³/mol. The summed E-state index contributed by atoms with van der Waals surface area (Å²) in [6, 6.07) is 9.64. The molecule has 0 radical (unpaired) electrons. The normalized spacial score (nSPS) is 10.8. The Labute approximate surface area is 165 Å². The number of carbonyl (C=O) groups is 1. The zero-order valence-electron chi connectivity index (χ0n) is 14.7. The number of halogens is 1. The summed E-state index contributed by atoms with van der Waals surface area (Å²) < 4.78 is 0. The molecule has 25 heavy (non-hydrogen) atoms. The summed E-state index contributed by atoms with van der Waals surface area (Å²) in [4.78, 5) is 20.1. The molecular weight excluding hydrogens is 429 g/mol. The lowest BCUT2D eigenvalue weighted by atomic mass is 10.1. The molecule has 0 unspecified atom stereocenters. The summed E-state index contributed by atoms with van der Waals surface area (Å²) in [6.45, 7) is 6.34. The van der Waals surface area contributed by atoms with Gasteiger partial charge in [0.05, 0.1) is 6.54 Å². The molecule has 0 atom stereocenters. The lowest BCUT2D eigenvalue weighted by Gasteiger charge is -2.08. The molecule has 0 fully saturated rings. The molecule has 1 aromatic carbocycles. The number of aliphatic imine (C=N–C) groups is 1. The Kier molecular flexibility index (Phi) is 8.33. The summed E-state index contributed by atoms with van der Waals surface area (Å²) in [7, 11) is 0. The molecular formula is C18H24IN5O. The highest BCUT2D eigenvalue weighted by Gasteiger charge is 2.03. The number of nitrogens with zero attached hydrogens (tertiary/aromatic N) is 2. The van der Waals surface area contributed by atoms with Gasteiger partial charge in [-0.2, -0.15) is 0 Å². The van der Waals surface area contributed by atoms with Crippen molar-refractivity contribution in [1.29, 1.82) is 0 Å². The Morgan fingerprint density at radius 3 is 2.52 bits per heavy atom. The first kappa shape index (κ1) is 20.9. The SMILES string of the molecule is Cc1ccc(NC(=O)CCN=C(N)Nc2ccc(C)c(C)c2)nc1.I. The van der Waals surface area contributed by atoms with Crippen LogP contribution >= 0.6 is 24.0 Å². The molecule has 0 aliphatic heterocycles. The average molecular weight is 453 g/mol. The first-order chi connectivity index (χ1) is 11.4. The molecule has 134 valence electrons. The van der Waals surface area contributed by atoms with Crippen molar-refractivity contribution in [2.45, 2.75) is 27.2 Å². The van der Waals surface area contributed by atoms with Crippen LogP contribution in [0.4, 0.5) is 11.5 Å². The lowest BCUT2D eigenvalue weighted by molar-refractivity contribution is -0.116. The summed E-state index contributed by atoms with van der Waals surface area (Å²) in [5.74, 6) is 0.685. The summed E-state index contributed by atoms with van der Waals surface area (Å²) in [5.41, 5.74) is 10.2. The highest BCUT2D eigenvalue weighted by atomic mass is 127. The van der Waals surface area contributed by atoms with Gasteiger partial charge >= 0.3 is 0 Å². The Morgan fingerprint density at radius 2 is 1.88 bits per heavy atom. The quantitative estimate of drug-likeness (QED) is 0.368. The largest absolute Gasteiger partial charge is 0.370 e. The molecule has 2 rings (SSSR count). The van der Waals surface area contributed by atoms with Crippen LogP contribution in [0.2, 0.25) is 0 Å². The van der Waals surface area contributed by atoms with E-state index in [1.165, 1.54) is 11.1 Å². The zero-order chi connectivity index (χ0) is 17.5. The van der Waals surface area contributed by atoms with Crippen molar-refractivity contribution >= 4 is 47.3 Å². The van der Waals surface area contributed by atoms with E-state index in [9.17, 15) is 4.79 Å². The van der Waals surface area contributed by atoms with Crippen LogP contribution in [0.3, 0.4) is 0 Å². The molecule has 0 spiro atoms. The minimum Gasteiger partial charge on any atom is -0.370 e. The number of aryl methyl sites for hydroxylation is 3. The van der Waals surface area contributed by atoms with Crippen LogP contribution in [0.15, 0.2) is 41.5 Å². The number of nitrogens with two attached hydrogens (primary N) is 1. The van der Waals surface area contributed by atoms with Gasteiger partial charge in [-0.25, -0.2) is 4.98 Å². The summed E-state index contributed by atoms with van der Waals surface area (Å²) >= 11 is 0. The van der Waals surface area contributed by atoms with Gasteiger partial charge in [-0.05, 0) is 55.7 Å². The zero-order valence-corrected chi connectivity index (χ0v) is 17.0. The van der Waals surface area contributed by atoms with Crippen LogP contribution < -0.4 is 16.4 Å². The third-order valence-electron chi connectivity index (χ3n) is 3.58. The third kappa shape index (κ3) is 7.08. The number of carbonyl (C=O) groups excluding carboxylic acids is 1. The Balaban J connectivity index is 0.00000312. The van der Waals surface area contributed by atoms with Gasteiger partial charge in [0.2, 0.25) is 5.91 Å². The molecule has 1 aromatic heterocycles. The number of guanidine groups is 1. The lowest BCUT2D eigenvalue weighted by Crippen LogP contribution is -2.23. The topological polar surface area (TPSA) is 92.4 Å². The smallest absolute Gasteiger partial charge is 0.227 e. The molecule has 4 N–H and O–H groups in total. The van der Waals surface area contributed by atoms with Crippen molar-refractivity contribution in [3.63, 3.8) is 0 Å². The molecule has 1 heterocycles. The van der Waals surface area contributed by atoms with Crippen molar-refractivity contribution < 1.29 is 4.79 Å². The fourth-order valence-electron chi connectivity index (χ4n) is 2.03. The average Bonchev–Trinajstić information content (AvgIpc) is 2.53. The Hall–Kier alpha value is -2.16. The second-order valence-corrected chi connectivity index (χ2v) is 5.71. The van der Waals surface area contributed by atoms with Gasteiger partial charge in [0.15, 0.2) is 5.96 Å². The molecule has 0 aliphatic carbocycles. The van der Waals surface area contributed by atoms with Crippen LogP contribution in [-0.4, -0.2) is 23.4 Å². The number of benzene rings is 1. The first-order valence-electron chi connectivity index (χ1n) is 7.81. The Morgan fingerprint density at radius 1 is 1.12 bits per heavy atom. The minimum absolute atomic E-state index is 0. The monoisotopic (exact) mass is 453 g/mol. The Bertz CT molecular complexity index is 744. The number of hydrogen-bond acceptors (Lipinski definition) is 3. The van der Waals surface area contributed by atoms with Crippen LogP contribution in [0.5, 0.6) is 0 Å². The standard InChI is InChI=1S/C18H23N5O.HI/c1-12-4-7-16(21-11-12)23-17(24)8-9-20-18(19)22-15-6-5-13(2)14(3)10-15;/h4-7,10-11H,8-9H2,1-3H3,(H3,19,20,22)(H,21,23,24);1H. The highest BCUT2D eigenvalue weighted by molar-refractivity contribution is 14.0. The van der Waals surface area contributed by atoms with E-state index in [-0.39, 0.29) is 36.3 Å². The van der Waals surface area contributed by atoms with Gasteiger partial charge in [0, 0.05) is 18.3 Å². The van der Waals surface area contributed by atoms with E-state index in [1.807, 2.05) is 38.1 Å². The number of pyridine rings is 1.